The van der Waals surface area contributed by atoms with Gasteiger partial charge in [-0.25, -0.2) is 9.97 Å². The standard InChI is InChI=1S/C8H11N2/c1-4-8-6(2)9-5-10-7(8)3/h4H2,1-3H3. The molecule has 1 rings (SSSR count). The van der Waals surface area contributed by atoms with Crippen LogP contribution in [0.25, 0.3) is 0 Å². The van der Waals surface area contributed by atoms with Gasteiger partial charge in [0.2, 0.25) is 0 Å². The lowest BCUT2D eigenvalue weighted by atomic mass is 10.1. The average molecular weight is 135 g/mol. The third-order valence-corrected chi connectivity index (χ3v) is 1.66. The van der Waals surface area contributed by atoms with Gasteiger partial charge in [0.05, 0.1) is 0 Å². The molecule has 0 atom stereocenters. The zero-order valence-corrected chi connectivity index (χ0v) is 6.60. The first-order chi connectivity index (χ1) is 4.75. The van der Waals surface area contributed by atoms with Gasteiger partial charge in [-0.3, -0.25) is 0 Å². The van der Waals surface area contributed by atoms with Crippen molar-refractivity contribution in [1.82, 2.24) is 9.97 Å². The molecule has 1 radical (unpaired) electrons. The molecule has 0 amide bonds. The van der Waals surface area contributed by atoms with Crippen LogP contribution in [0.5, 0.6) is 0 Å². The molecule has 1 heterocycles. The third kappa shape index (κ3) is 1.15. The van der Waals surface area contributed by atoms with E-state index in [4.69, 9.17) is 0 Å². The second kappa shape index (κ2) is 2.78. The quantitative estimate of drug-likeness (QED) is 0.582. The number of aromatic nitrogens is 2. The van der Waals surface area contributed by atoms with Crippen molar-refractivity contribution < 1.29 is 0 Å². The maximum atomic E-state index is 3.97. The van der Waals surface area contributed by atoms with Gasteiger partial charge in [-0.2, -0.15) is 0 Å². The zero-order valence-electron chi connectivity index (χ0n) is 6.60. The van der Waals surface area contributed by atoms with E-state index in [1.54, 1.807) is 0 Å². The van der Waals surface area contributed by atoms with Crippen LogP contribution in [0.1, 0.15) is 23.9 Å². The Labute approximate surface area is 61.3 Å². The minimum absolute atomic E-state index is 1.01. The van der Waals surface area contributed by atoms with Gasteiger partial charge in [0, 0.05) is 11.4 Å². The Morgan fingerprint density at radius 1 is 1.20 bits per heavy atom. The summed E-state index contributed by atoms with van der Waals surface area (Å²) in [6.07, 6.45) is 3.61. The van der Waals surface area contributed by atoms with Crippen LogP contribution >= 0.6 is 0 Å². The molecule has 2 nitrogen and oxygen atoms in total. The lowest BCUT2D eigenvalue weighted by molar-refractivity contribution is 0.947. The first-order valence-corrected chi connectivity index (χ1v) is 3.46. The fraction of sp³-hybridized carbons (Fsp3) is 0.500. The molecule has 0 saturated heterocycles. The number of aryl methyl sites for hydroxylation is 2. The minimum atomic E-state index is 1.01. The highest BCUT2D eigenvalue weighted by molar-refractivity contribution is 5.21. The maximum absolute atomic E-state index is 3.97. The van der Waals surface area contributed by atoms with E-state index in [1.807, 2.05) is 13.8 Å². The van der Waals surface area contributed by atoms with Crippen molar-refractivity contribution in [3.8, 4) is 0 Å². The van der Waals surface area contributed by atoms with Gasteiger partial charge in [0.15, 0.2) is 6.33 Å². The highest BCUT2D eigenvalue weighted by atomic mass is 14.8. The van der Waals surface area contributed by atoms with Crippen LogP contribution in [-0.4, -0.2) is 9.97 Å². The van der Waals surface area contributed by atoms with Crippen LogP contribution in [0.3, 0.4) is 0 Å². The molecule has 10 heavy (non-hydrogen) atoms. The Morgan fingerprint density at radius 2 is 1.70 bits per heavy atom. The van der Waals surface area contributed by atoms with E-state index in [2.05, 4.69) is 23.2 Å². The zero-order chi connectivity index (χ0) is 7.56. The summed E-state index contributed by atoms with van der Waals surface area (Å²) in [7, 11) is 0. The van der Waals surface area contributed by atoms with Crippen LogP contribution in [0, 0.1) is 20.2 Å². The SMILES string of the molecule is CCc1c(C)n[c]nc1C. The second-order valence-electron chi connectivity index (χ2n) is 2.33. The molecule has 0 aromatic carbocycles. The Kier molecular flexibility index (Phi) is 2.00. The summed E-state index contributed by atoms with van der Waals surface area (Å²) in [5.41, 5.74) is 3.35. The minimum Gasteiger partial charge on any atom is -0.230 e. The Hall–Kier alpha value is -0.920. The van der Waals surface area contributed by atoms with Gasteiger partial charge in [0.1, 0.15) is 0 Å². The molecule has 0 aliphatic heterocycles. The van der Waals surface area contributed by atoms with Gasteiger partial charge in [-0.05, 0) is 25.8 Å². The smallest absolute Gasteiger partial charge is 0.198 e. The van der Waals surface area contributed by atoms with E-state index < -0.39 is 0 Å². The van der Waals surface area contributed by atoms with Crippen LogP contribution in [0.2, 0.25) is 0 Å². The fourth-order valence-corrected chi connectivity index (χ4v) is 1.08. The molecule has 0 aliphatic carbocycles. The van der Waals surface area contributed by atoms with Crippen molar-refractivity contribution in [3.63, 3.8) is 0 Å². The summed E-state index contributed by atoms with van der Waals surface area (Å²) in [6.45, 7) is 6.09. The molecule has 0 aliphatic rings. The summed E-state index contributed by atoms with van der Waals surface area (Å²) < 4.78 is 0. The number of rotatable bonds is 1. The van der Waals surface area contributed by atoms with Crippen LogP contribution in [0.15, 0.2) is 0 Å². The Bertz CT molecular complexity index is 210. The summed E-state index contributed by atoms with van der Waals surface area (Å²) in [6, 6.07) is 0. The van der Waals surface area contributed by atoms with Gasteiger partial charge < -0.3 is 0 Å². The predicted molar refractivity (Wildman–Crippen MR) is 39.7 cm³/mol. The largest absolute Gasteiger partial charge is 0.230 e. The Balaban J connectivity index is 3.17. The molecule has 0 unspecified atom stereocenters. The lowest BCUT2D eigenvalue weighted by Gasteiger charge is -2.02. The van der Waals surface area contributed by atoms with Crippen molar-refractivity contribution in [2.45, 2.75) is 27.2 Å². The molecular formula is C8H11N2. The van der Waals surface area contributed by atoms with Crippen molar-refractivity contribution in [3.05, 3.63) is 23.3 Å². The molecule has 0 N–H and O–H groups in total. The average Bonchev–Trinajstić information content (AvgIpc) is 1.88. The fourth-order valence-electron chi connectivity index (χ4n) is 1.08. The molecule has 1 aromatic heterocycles. The van der Waals surface area contributed by atoms with E-state index in [1.165, 1.54) is 5.56 Å². The molecular weight excluding hydrogens is 124 g/mol. The normalized spacial score (nSPS) is 9.90. The monoisotopic (exact) mass is 135 g/mol. The molecule has 0 spiro atoms. The van der Waals surface area contributed by atoms with Crippen molar-refractivity contribution >= 4 is 0 Å². The van der Waals surface area contributed by atoms with Gasteiger partial charge in [-0.15, -0.1) is 0 Å². The first-order valence-electron chi connectivity index (χ1n) is 3.46. The van der Waals surface area contributed by atoms with E-state index in [0.717, 1.165) is 17.8 Å². The summed E-state index contributed by atoms with van der Waals surface area (Å²) in [5.74, 6) is 0. The molecule has 0 bridgehead atoms. The highest BCUT2D eigenvalue weighted by Crippen LogP contribution is 2.07. The summed E-state index contributed by atoms with van der Waals surface area (Å²) >= 11 is 0. The topological polar surface area (TPSA) is 25.8 Å². The lowest BCUT2D eigenvalue weighted by Crippen LogP contribution is -1.97. The van der Waals surface area contributed by atoms with Crippen LogP contribution in [0.4, 0.5) is 0 Å². The highest BCUT2D eigenvalue weighted by Gasteiger charge is 1.99. The number of hydrogen-bond donors (Lipinski definition) is 0. The third-order valence-electron chi connectivity index (χ3n) is 1.66. The molecule has 0 saturated carbocycles. The van der Waals surface area contributed by atoms with E-state index in [0.29, 0.717) is 0 Å². The number of hydrogen-bond acceptors (Lipinski definition) is 2. The first kappa shape index (κ1) is 7.19. The summed E-state index contributed by atoms with van der Waals surface area (Å²) in [5, 5.41) is 0. The number of nitrogens with zero attached hydrogens (tertiary/aromatic N) is 2. The summed E-state index contributed by atoms with van der Waals surface area (Å²) in [4.78, 5) is 7.95. The van der Waals surface area contributed by atoms with E-state index >= 15 is 0 Å². The van der Waals surface area contributed by atoms with Gasteiger partial charge in [0.25, 0.3) is 0 Å². The van der Waals surface area contributed by atoms with Crippen molar-refractivity contribution in [2.24, 2.45) is 0 Å². The predicted octanol–water partition coefficient (Wildman–Crippen LogP) is 1.46. The van der Waals surface area contributed by atoms with E-state index in [-0.39, 0.29) is 0 Å². The van der Waals surface area contributed by atoms with Crippen LogP contribution in [-0.2, 0) is 6.42 Å². The molecule has 0 fully saturated rings. The second-order valence-corrected chi connectivity index (χ2v) is 2.33. The van der Waals surface area contributed by atoms with Crippen molar-refractivity contribution in [2.75, 3.05) is 0 Å². The molecule has 53 valence electrons. The molecule has 1 aromatic rings. The van der Waals surface area contributed by atoms with Crippen molar-refractivity contribution in [1.29, 1.82) is 0 Å². The van der Waals surface area contributed by atoms with Crippen LogP contribution < -0.4 is 0 Å². The molecule has 2 heteroatoms. The van der Waals surface area contributed by atoms with Gasteiger partial charge >= 0.3 is 0 Å². The van der Waals surface area contributed by atoms with Gasteiger partial charge in [-0.1, -0.05) is 6.92 Å². The van der Waals surface area contributed by atoms with E-state index in [9.17, 15) is 0 Å². The Morgan fingerprint density at radius 3 is 2.00 bits per heavy atom. The maximum Gasteiger partial charge on any atom is 0.198 e.